The Kier molecular flexibility index (Phi) is 3.53. The Morgan fingerprint density at radius 1 is 1.11 bits per heavy atom. The normalized spacial score (nSPS) is 15.4. The molecule has 96 valence electrons. The highest BCUT2D eigenvalue weighted by atomic mass is 79.9. The molecule has 18 heavy (non-hydrogen) atoms. The highest BCUT2D eigenvalue weighted by Gasteiger charge is 2.57. The van der Waals surface area contributed by atoms with E-state index < -0.39 is 11.8 Å². The van der Waals surface area contributed by atoms with Crippen LogP contribution < -0.4 is 0 Å². The van der Waals surface area contributed by atoms with Gasteiger partial charge < -0.3 is 5.11 Å². The summed E-state index contributed by atoms with van der Waals surface area (Å²) < 4.78 is 40.0. The number of rotatable bonds is 2. The monoisotopic (exact) mass is 336 g/mol. The molecule has 0 aliphatic rings. The second-order valence-corrected chi connectivity index (χ2v) is 5.33. The van der Waals surface area contributed by atoms with Crippen molar-refractivity contribution in [1.29, 1.82) is 0 Å². The Bertz CT molecular complexity index is 539. The first kappa shape index (κ1) is 13.6. The number of hydrogen-bond donors (Lipinski definition) is 1. The van der Waals surface area contributed by atoms with Crippen molar-refractivity contribution in [3.63, 3.8) is 0 Å². The predicted octanol–water partition coefficient (Wildman–Crippen LogP) is 4.31. The van der Waals surface area contributed by atoms with Gasteiger partial charge in [-0.2, -0.15) is 24.5 Å². The lowest BCUT2D eigenvalue weighted by Gasteiger charge is -2.31. The van der Waals surface area contributed by atoms with Crippen LogP contribution in [0.25, 0.3) is 0 Å². The van der Waals surface area contributed by atoms with Crippen molar-refractivity contribution in [3.8, 4) is 0 Å². The van der Waals surface area contributed by atoms with Crippen molar-refractivity contribution in [3.05, 3.63) is 56.7 Å². The molecule has 1 unspecified atom stereocenters. The molecule has 1 N–H and O–H groups in total. The molecule has 0 aliphatic carbocycles. The average molecular weight is 337 g/mol. The molecule has 0 amide bonds. The minimum absolute atomic E-state index is 0.174. The van der Waals surface area contributed by atoms with Crippen LogP contribution in [0.3, 0.4) is 0 Å². The Morgan fingerprint density at radius 3 is 2.28 bits per heavy atom. The first-order valence-corrected chi connectivity index (χ1v) is 6.67. The molecule has 2 rings (SSSR count). The molecule has 6 heteroatoms. The van der Waals surface area contributed by atoms with E-state index in [4.69, 9.17) is 0 Å². The molecular weight excluding hydrogens is 329 g/mol. The fourth-order valence-corrected chi connectivity index (χ4v) is 2.97. The zero-order valence-corrected chi connectivity index (χ0v) is 11.3. The third-order valence-corrected chi connectivity index (χ3v) is 3.99. The van der Waals surface area contributed by atoms with E-state index in [2.05, 4.69) is 15.9 Å². The fraction of sp³-hybridized carbons (Fsp3) is 0.167. The molecule has 0 saturated carbocycles. The molecule has 0 bridgehead atoms. The van der Waals surface area contributed by atoms with Crippen molar-refractivity contribution >= 4 is 27.3 Å². The highest BCUT2D eigenvalue weighted by molar-refractivity contribution is 9.10. The van der Waals surface area contributed by atoms with Gasteiger partial charge in [-0.15, -0.1) is 0 Å². The topological polar surface area (TPSA) is 20.2 Å². The average Bonchev–Trinajstić information content (AvgIpc) is 2.80. The molecule has 1 heterocycles. The van der Waals surface area contributed by atoms with E-state index >= 15 is 0 Å². The summed E-state index contributed by atoms with van der Waals surface area (Å²) in [6.45, 7) is 0. The quantitative estimate of drug-likeness (QED) is 0.866. The van der Waals surface area contributed by atoms with Gasteiger partial charge in [0.15, 0.2) is 0 Å². The molecule has 0 radical (unpaired) electrons. The molecule has 0 fully saturated rings. The van der Waals surface area contributed by atoms with Crippen LogP contribution in [0.5, 0.6) is 0 Å². The van der Waals surface area contributed by atoms with E-state index in [9.17, 15) is 18.3 Å². The fourth-order valence-electron chi connectivity index (χ4n) is 1.70. The van der Waals surface area contributed by atoms with Gasteiger partial charge in [0, 0.05) is 15.6 Å². The Balaban J connectivity index is 2.69. The summed E-state index contributed by atoms with van der Waals surface area (Å²) in [4.78, 5) is 0. The van der Waals surface area contributed by atoms with Gasteiger partial charge in [-0.25, -0.2) is 0 Å². The largest absolute Gasteiger partial charge is 0.425 e. The van der Waals surface area contributed by atoms with Crippen LogP contribution in [0.4, 0.5) is 13.2 Å². The SMILES string of the molecule is OC(c1ccsc1)(c1ccccc1Br)C(F)(F)F. The first-order chi connectivity index (χ1) is 8.37. The molecule has 0 aliphatic heterocycles. The van der Waals surface area contributed by atoms with Gasteiger partial charge >= 0.3 is 6.18 Å². The Labute approximate surface area is 114 Å². The van der Waals surface area contributed by atoms with E-state index in [-0.39, 0.29) is 15.6 Å². The van der Waals surface area contributed by atoms with Gasteiger partial charge in [0.1, 0.15) is 0 Å². The zero-order chi connectivity index (χ0) is 13.4. The summed E-state index contributed by atoms with van der Waals surface area (Å²) in [7, 11) is 0. The maximum Gasteiger partial charge on any atom is 0.425 e. The molecule has 2 aromatic rings. The van der Waals surface area contributed by atoms with E-state index in [0.717, 1.165) is 11.3 Å². The van der Waals surface area contributed by atoms with Gasteiger partial charge in [0.05, 0.1) is 0 Å². The highest BCUT2D eigenvalue weighted by Crippen LogP contribution is 2.46. The third-order valence-electron chi connectivity index (χ3n) is 2.61. The van der Waals surface area contributed by atoms with Gasteiger partial charge in [0.25, 0.3) is 0 Å². The van der Waals surface area contributed by atoms with E-state index in [1.807, 2.05) is 0 Å². The summed E-state index contributed by atoms with van der Waals surface area (Å²) in [5.41, 5.74) is -3.38. The molecule has 1 aromatic heterocycles. The maximum atomic E-state index is 13.3. The van der Waals surface area contributed by atoms with Crippen LogP contribution in [0.1, 0.15) is 11.1 Å². The van der Waals surface area contributed by atoms with Crippen molar-refractivity contribution in [2.45, 2.75) is 11.8 Å². The molecule has 1 atom stereocenters. The smallest absolute Gasteiger partial charge is 0.372 e. The lowest BCUT2D eigenvalue weighted by atomic mass is 9.87. The lowest BCUT2D eigenvalue weighted by Crippen LogP contribution is -2.43. The summed E-state index contributed by atoms with van der Waals surface area (Å²) in [5, 5.41) is 13.0. The van der Waals surface area contributed by atoms with E-state index in [1.165, 1.54) is 35.0 Å². The van der Waals surface area contributed by atoms with Crippen LogP contribution in [0.2, 0.25) is 0 Å². The van der Waals surface area contributed by atoms with E-state index in [1.54, 1.807) is 6.07 Å². The number of hydrogen-bond acceptors (Lipinski definition) is 2. The maximum absolute atomic E-state index is 13.3. The van der Waals surface area contributed by atoms with Crippen LogP contribution in [0.15, 0.2) is 45.6 Å². The standard InChI is InChI=1S/C12H8BrF3OS/c13-10-4-2-1-3-9(10)11(17,12(14,15)16)8-5-6-18-7-8/h1-7,17H. The van der Waals surface area contributed by atoms with Gasteiger partial charge in [-0.3, -0.25) is 0 Å². The molecule has 0 saturated heterocycles. The van der Waals surface area contributed by atoms with Crippen LogP contribution in [0, 0.1) is 0 Å². The summed E-state index contributed by atoms with van der Waals surface area (Å²) in [6, 6.07) is 7.06. The van der Waals surface area contributed by atoms with E-state index in [0.29, 0.717) is 0 Å². The van der Waals surface area contributed by atoms with Gasteiger partial charge in [0.2, 0.25) is 5.60 Å². The Morgan fingerprint density at radius 2 is 1.78 bits per heavy atom. The molecular formula is C12H8BrF3OS. The van der Waals surface area contributed by atoms with Crippen molar-refractivity contribution in [2.75, 3.05) is 0 Å². The summed E-state index contributed by atoms with van der Waals surface area (Å²) >= 11 is 4.16. The predicted molar refractivity (Wildman–Crippen MR) is 67.5 cm³/mol. The number of benzene rings is 1. The molecule has 1 nitrogen and oxygen atoms in total. The van der Waals surface area contributed by atoms with Gasteiger partial charge in [-0.1, -0.05) is 34.1 Å². The lowest BCUT2D eigenvalue weighted by molar-refractivity contribution is -0.248. The zero-order valence-electron chi connectivity index (χ0n) is 8.91. The number of halogens is 4. The van der Waals surface area contributed by atoms with Crippen molar-refractivity contribution < 1.29 is 18.3 Å². The Hall–Kier alpha value is -0.850. The third kappa shape index (κ3) is 2.08. The number of thiophene rings is 1. The molecule has 1 aromatic carbocycles. The number of alkyl halides is 3. The first-order valence-electron chi connectivity index (χ1n) is 4.94. The van der Waals surface area contributed by atoms with Gasteiger partial charge in [-0.05, 0) is 22.9 Å². The van der Waals surface area contributed by atoms with Crippen LogP contribution >= 0.6 is 27.3 Å². The van der Waals surface area contributed by atoms with Crippen molar-refractivity contribution in [2.24, 2.45) is 0 Å². The summed E-state index contributed by atoms with van der Waals surface area (Å²) in [6.07, 6.45) is -4.79. The van der Waals surface area contributed by atoms with Crippen molar-refractivity contribution in [1.82, 2.24) is 0 Å². The van der Waals surface area contributed by atoms with Crippen LogP contribution in [-0.2, 0) is 5.60 Å². The summed E-state index contributed by atoms with van der Waals surface area (Å²) in [5.74, 6) is 0. The second-order valence-electron chi connectivity index (χ2n) is 3.70. The van der Waals surface area contributed by atoms with Crippen LogP contribution in [-0.4, -0.2) is 11.3 Å². The number of aliphatic hydroxyl groups is 1. The molecule has 0 spiro atoms. The minimum Gasteiger partial charge on any atom is -0.372 e. The minimum atomic E-state index is -4.79. The second kappa shape index (κ2) is 4.68.